The number of anilines is 2. The molecule has 9 heteroatoms. The van der Waals surface area contributed by atoms with Gasteiger partial charge in [0.2, 0.25) is 6.79 Å². The molecule has 1 aliphatic rings. The Morgan fingerprint density at radius 3 is 2.93 bits per heavy atom. The fraction of sp³-hybridized carbons (Fsp3) is 0.105. The fourth-order valence-electron chi connectivity index (χ4n) is 2.53. The van der Waals surface area contributed by atoms with E-state index in [0.717, 1.165) is 11.3 Å². The summed E-state index contributed by atoms with van der Waals surface area (Å²) in [5, 5.41) is 8.15. The number of benzene rings is 2. The Morgan fingerprint density at radius 1 is 1.25 bits per heavy atom. The average Bonchev–Trinajstić information content (AvgIpc) is 3.29. The van der Waals surface area contributed by atoms with Crippen molar-refractivity contribution >= 4 is 45.9 Å². The molecule has 1 amide bonds. The second-order valence-electron chi connectivity index (χ2n) is 5.88. The number of rotatable bonds is 5. The number of fused-ring (bicyclic) bond motifs is 1. The Labute approximate surface area is 170 Å². The molecular formula is C19H15ClN4O3S. The summed E-state index contributed by atoms with van der Waals surface area (Å²) >= 11 is 7.51. The predicted molar refractivity (Wildman–Crippen MR) is 109 cm³/mol. The lowest BCUT2D eigenvalue weighted by Gasteiger charge is -2.05. The maximum Gasteiger partial charge on any atom is 0.271 e. The third-order valence-electron chi connectivity index (χ3n) is 3.98. The number of nitrogens with zero attached hydrogens (tertiary/aromatic N) is 2. The molecule has 0 atom stereocenters. The van der Waals surface area contributed by atoms with Crippen molar-refractivity contribution in [3.05, 3.63) is 63.6 Å². The van der Waals surface area contributed by atoms with E-state index in [0.29, 0.717) is 32.2 Å². The van der Waals surface area contributed by atoms with Crippen molar-refractivity contribution in [1.82, 2.24) is 10.4 Å². The van der Waals surface area contributed by atoms with Crippen LogP contribution in [0.3, 0.4) is 0 Å². The number of aryl methyl sites for hydroxylation is 1. The minimum Gasteiger partial charge on any atom is -0.454 e. The highest BCUT2D eigenvalue weighted by atomic mass is 35.5. The summed E-state index contributed by atoms with van der Waals surface area (Å²) in [5.74, 6) is 0.785. The van der Waals surface area contributed by atoms with Crippen molar-refractivity contribution < 1.29 is 14.3 Å². The third kappa shape index (κ3) is 3.92. The Hall–Kier alpha value is -3.10. The van der Waals surface area contributed by atoms with Crippen LogP contribution < -0.4 is 20.2 Å². The molecule has 0 saturated carbocycles. The number of nitrogens with one attached hydrogen (secondary N) is 2. The van der Waals surface area contributed by atoms with Gasteiger partial charge in [0.15, 0.2) is 21.8 Å². The fourth-order valence-corrected chi connectivity index (χ4v) is 3.57. The zero-order chi connectivity index (χ0) is 19.5. The van der Waals surface area contributed by atoms with E-state index in [1.807, 2.05) is 31.2 Å². The van der Waals surface area contributed by atoms with Crippen LogP contribution in [0.1, 0.15) is 20.8 Å². The predicted octanol–water partition coefficient (Wildman–Crippen LogP) is 4.34. The minimum absolute atomic E-state index is 0.154. The molecule has 0 aliphatic carbocycles. The van der Waals surface area contributed by atoms with Crippen LogP contribution in [-0.4, -0.2) is 23.9 Å². The molecule has 0 unspecified atom stereocenters. The molecule has 0 saturated heterocycles. The van der Waals surface area contributed by atoms with Gasteiger partial charge < -0.3 is 14.8 Å². The topological polar surface area (TPSA) is 84.8 Å². The summed E-state index contributed by atoms with van der Waals surface area (Å²) in [6.45, 7) is 2.16. The summed E-state index contributed by atoms with van der Waals surface area (Å²) < 4.78 is 10.5. The molecule has 28 heavy (non-hydrogen) atoms. The highest BCUT2D eigenvalue weighted by Gasteiger charge is 2.16. The summed E-state index contributed by atoms with van der Waals surface area (Å²) in [7, 11) is 0. The summed E-state index contributed by atoms with van der Waals surface area (Å²) in [6, 6.07) is 12.8. The van der Waals surface area contributed by atoms with Gasteiger partial charge in [-0.1, -0.05) is 41.1 Å². The Morgan fingerprint density at radius 2 is 2.07 bits per heavy atom. The second-order valence-corrected chi connectivity index (χ2v) is 7.27. The number of hydrogen-bond donors (Lipinski definition) is 2. The summed E-state index contributed by atoms with van der Waals surface area (Å²) in [4.78, 5) is 17.1. The van der Waals surface area contributed by atoms with Crippen LogP contribution in [0.5, 0.6) is 11.5 Å². The number of carbonyl (C=O) groups is 1. The first kappa shape index (κ1) is 18.3. The van der Waals surface area contributed by atoms with Crippen LogP contribution >= 0.6 is 22.9 Å². The quantitative estimate of drug-likeness (QED) is 0.479. The number of amides is 1. The van der Waals surface area contributed by atoms with E-state index in [4.69, 9.17) is 21.1 Å². The van der Waals surface area contributed by atoms with Crippen LogP contribution in [0.2, 0.25) is 5.15 Å². The zero-order valence-corrected chi connectivity index (χ0v) is 16.3. The van der Waals surface area contributed by atoms with E-state index in [9.17, 15) is 4.79 Å². The monoisotopic (exact) mass is 414 g/mol. The maximum atomic E-state index is 12.2. The van der Waals surface area contributed by atoms with E-state index < -0.39 is 0 Å². The first-order valence-electron chi connectivity index (χ1n) is 8.32. The lowest BCUT2D eigenvalue weighted by atomic mass is 10.2. The van der Waals surface area contributed by atoms with Crippen molar-refractivity contribution in [3.8, 4) is 11.5 Å². The number of hydrogen-bond acceptors (Lipinski definition) is 7. The van der Waals surface area contributed by atoms with E-state index in [2.05, 4.69) is 20.8 Å². The Bertz CT molecular complexity index is 1070. The van der Waals surface area contributed by atoms with Gasteiger partial charge in [0.1, 0.15) is 0 Å². The smallest absolute Gasteiger partial charge is 0.271 e. The maximum absolute atomic E-state index is 12.2. The van der Waals surface area contributed by atoms with Crippen molar-refractivity contribution in [3.63, 3.8) is 0 Å². The van der Waals surface area contributed by atoms with Crippen molar-refractivity contribution in [1.29, 1.82) is 0 Å². The van der Waals surface area contributed by atoms with Gasteiger partial charge in [0.25, 0.3) is 5.91 Å². The second kappa shape index (κ2) is 7.87. The van der Waals surface area contributed by atoms with Gasteiger partial charge >= 0.3 is 0 Å². The molecule has 0 radical (unpaired) electrons. The first-order chi connectivity index (χ1) is 13.6. The molecule has 7 nitrogen and oxygen atoms in total. The molecule has 0 spiro atoms. The molecule has 0 fully saturated rings. The molecule has 1 aliphatic heterocycles. The van der Waals surface area contributed by atoms with E-state index in [1.54, 1.807) is 18.2 Å². The summed E-state index contributed by atoms with van der Waals surface area (Å²) in [5.41, 5.74) is 4.93. The van der Waals surface area contributed by atoms with Crippen LogP contribution in [0.25, 0.3) is 0 Å². The highest BCUT2D eigenvalue weighted by Crippen LogP contribution is 2.32. The number of para-hydroxylation sites is 1. The molecule has 142 valence electrons. The molecule has 2 N–H and O–H groups in total. The number of aromatic nitrogens is 1. The zero-order valence-electron chi connectivity index (χ0n) is 14.7. The van der Waals surface area contributed by atoms with Gasteiger partial charge in [-0.3, -0.25) is 4.79 Å². The number of halogens is 1. The highest BCUT2D eigenvalue weighted by molar-refractivity contribution is 7.17. The van der Waals surface area contributed by atoms with Gasteiger partial charge in [0.05, 0.1) is 11.1 Å². The number of thiazole rings is 1. The van der Waals surface area contributed by atoms with Crippen LogP contribution in [0.4, 0.5) is 10.8 Å². The number of ether oxygens (including phenoxy) is 2. The molecule has 3 aromatic rings. The van der Waals surface area contributed by atoms with E-state index in [-0.39, 0.29) is 12.7 Å². The van der Waals surface area contributed by atoms with Crippen LogP contribution in [-0.2, 0) is 0 Å². The Balaban J connectivity index is 1.41. The molecule has 2 aromatic carbocycles. The van der Waals surface area contributed by atoms with Crippen molar-refractivity contribution in [2.45, 2.75) is 6.92 Å². The first-order valence-corrected chi connectivity index (χ1v) is 9.51. The van der Waals surface area contributed by atoms with Gasteiger partial charge in [-0.25, -0.2) is 10.4 Å². The lowest BCUT2D eigenvalue weighted by molar-refractivity contribution is 0.0954. The van der Waals surface area contributed by atoms with E-state index >= 15 is 0 Å². The Kier molecular flexibility index (Phi) is 5.14. The van der Waals surface area contributed by atoms with E-state index in [1.165, 1.54) is 17.6 Å². The minimum atomic E-state index is -0.367. The van der Waals surface area contributed by atoms with Gasteiger partial charge in [-0.2, -0.15) is 5.10 Å². The molecule has 0 bridgehead atoms. The number of hydrazone groups is 1. The van der Waals surface area contributed by atoms with Crippen LogP contribution in [0.15, 0.2) is 47.6 Å². The molecule has 4 rings (SSSR count). The van der Waals surface area contributed by atoms with Crippen molar-refractivity contribution in [2.24, 2.45) is 5.10 Å². The normalized spacial score (nSPS) is 12.4. The molecular weight excluding hydrogens is 400 g/mol. The van der Waals surface area contributed by atoms with Gasteiger partial charge in [-0.05, 0) is 36.8 Å². The van der Waals surface area contributed by atoms with Crippen molar-refractivity contribution in [2.75, 3.05) is 12.1 Å². The lowest BCUT2D eigenvalue weighted by Crippen LogP contribution is -2.17. The molecule has 2 heterocycles. The van der Waals surface area contributed by atoms with Gasteiger partial charge in [-0.15, -0.1) is 0 Å². The molecule has 1 aromatic heterocycles. The summed E-state index contributed by atoms with van der Waals surface area (Å²) in [6.07, 6.45) is 1.47. The van der Waals surface area contributed by atoms with Crippen LogP contribution in [0, 0.1) is 6.92 Å². The third-order valence-corrected chi connectivity index (χ3v) is 5.28. The standard InChI is InChI=1S/C19H15ClN4O3S/c1-11-4-2-3-5-13(11)22-19-23-17(20)16(28-19)9-21-24-18(25)12-6-7-14-15(8-12)27-10-26-14/h2-9H,10H2,1H3,(H,22,23)(H,24,25)/b21-9+. The average molecular weight is 415 g/mol. The number of carbonyl (C=O) groups excluding carboxylic acids is 1. The SMILES string of the molecule is Cc1ccccc1Nc1nc(Cl)c(/C=N/NC(=O)c2ccc3c(c2)OCO3)s1. The van der Waals surface area contributed by atoms with Gasteiger partial charge in [0, 0.05) is 11.3 Å². The largest absolute Gasteiger partial charge is 0.454 e.